The number of aryl methyl sites for hydroxylation is 2. The van der Waals surface area contributed by atoms with Gasteiger partial charge in [0.05, 0.1) is 10.6 Å². The summed E-state index contributed by atoms with van der Waals surface area (Å²) >= 11 is 1.34. The minimum Gasteiger partial charge on any atom is -0.507 e. The molecule has 31 heavy (non-hydrogen) atoms. The molecule has 0 spiro atoms. The van der Waals surface area contributed by atoms with E-state index in [-0.39, 0.29) is 16.7 Å². The number of carbonyl (C=O) groups excluding carboxylic acids is 1. The first-order valence-electron chi connectivity index (χ1n) is 10.5. The van der Waals surface area contributed by atoms with Gasteiger partial charge in [-0.3, -0.25) is 4.79 Å². The van der Waals surface area contributed by atoms with Crippen molar-refractivity contribution in [2.24, 2.45) is 4.99 Å². The number of benzene rings is 2. The number of thioether (sulfide) groups is 1. The molecule has 4 nitrogen and oxygen atoms in total. The van der Waals surface area contributed by atoms with Crippen LogP contribution in [0.2, 0.25) is 0 Å². The molecule has 2 N–H and O–H groups in total. The van der Waals surface area contributed by atoms with Gasteiger partial charge in [-0.25, -0.2) is 4.99 Å². The van der Waals surface area contributed by atoms with Crippen LogP contribution in [0.15, 0.2) is 40.2 Å². The second-order valence-corrected chi connectivity index (χ2v) is 11.3. The lowest BCUT2D eigenvalue weighted by Crippen LogP contribution is -2.19. The largest absolute Gasteiger partial charge is 0.507 e. The van der Waals surface area contributed by atoms with E-state index in [1.165, 1.54) is 17.3 Å². The predicted octanol–water partition coefficient (Wildman–Crippen LogP) is 6.50. The van der Waals surface area contributed by atoms with Gasteiger partial charge >= 0.3 is 0 Å². The first-order valence-corrected chi connectivity index (χ1v) is 11.3. The molecule has 2 aromatic carbocycles. The molecule has 1 heterocycles. The van der Waals surface area contributed by atoms with Gasteiger partial charge in [-0.05, 0) is 71.8 Å². The van der Waals surface area contributed by atoms with Crippen molar-refractivity contribution in [3.8, 4) is 5.75 Å². The van der Waals surface area contributed by atoms with Crippen LogP contribution in [-0.4, -0.2) is 16.2 Å². The maximum atomic E-state index is 12.6. The van der Waals surface area contributed by atoms with E-state index in [1.807, 2.05) is 44.2 Å². The number of carbonyl (C=O) groups is 1. The van der Waals surface area contributed by atoms with Crippen molar-refractivity contribution in [3.05, 3.63) is 63.1 Å². The Hall–Kier alpha value is -2.53. The zero-order valence-corrected chi connectivity index (χ0v) is 20.5. The maximum absolute atomic E-state index is 12.6. The summed E-state index contributed by atoms with van der Waals surface area (Å²) in [5.41, 5.74) is 5.31. The number of hydrogen-bond acceptors (Lipinski definition) is 4. The molecule has 1 aliphatic rings. The number of nitrogens with one attached hydrogen (secondary N) is 1. The Kier molecular flexibility index (Phi) is 6.12. The summed E-state index contributed by atoms with van der Waals surface area (Å²) in [6.07, 6.45) is 1.88. The predicted molar refractivity (Wildman–Crippen MR) is 132 cm³/mol. The number of amides is 1. The molecule has 5 heteroatoms. The number of hydrogen-bond donors (Lipinski definition) is 2. The van der Waals surface area contributed by atoms with Gasteiger partial charge in [0, 0.05) is 11.1 Å². The minimum atomic E-state index is -0.223. The van der Waals surface area contributed by atoms with Gasteiger partial charge in [0.15, 0.2) is 5.17 Å². The number of phenolic OH excluding ortho intramolecular Hbond substituents is 1. The Morgan fingerprint density at radius 2 is 1.55 bits per heavy atom. The van der Waals surface area contributed by atoms with E-state index >= 15 is 0 Å². The molecular weight excluding hydrogens is 404 g/mol. The van der Waals surface area contributed by atoms with Crippen LogP contribution >= 0.6 is 11.8 Å². The van der Waals surface area contributed by atoms with Gasteiger partial charge in [0.2, 0.25) is 0 Å². The summed E-state index contributed by atoms with van der Waals surface area (Å²) in [7, 11) is 0. The lowest BCUT2D eigenvalue weighted by Gasteiger charge is -2.28. The van der Waals surface area contributed by atoms with E-state index in [2.05, 4.69) is 57.9 Å². The number of rotatable bonds is 2. The third-order valence-electron chi connectivity index (χ3n) is 5.27. The quantitative estimate of drug-likeness (QED) is 0.529. The number of aromatic hydroxyl groups is 1. The van der Waals surface area contributed by atoms with Crippen LogP contribution in [-0.2, 0) is 15.6 Å². The molecule has 1 saturated heterocycles. The van der Waals surface area contributed by atoms with Crippen LogP contribution in [0.4, 0.5) is 5.69 Å². The molecular formula is C26H32N2O2S. The topological polar surface area (TPSA) is 61.7 Å². The smallest absolute Gasteiger partial charge is 0.264 e. The summed E-state index contributed by atoms with van der Waals surface area (Å²) in [4.78, 5) is 17.8. The van der Waals surface area contributed by atoms with Crippen LogP contribution in [0.1, 0.15) is 69.4 Å². The van der Waals surface area contributed by atoms with Gasteiger partial charge in [-0.2, -0.15) is 0 Å². The fourth-order valence-electron chi connectivity index (χ4n) is 3.56. The van der Waals surface area contributed by atoms with Crippen LogP contribution in [0, 0.1) is 13.8 Å². The molecule has 0 saturated carbocycles. The lowest BCUT2D eigenvalue weighted by molar-refractivity contribution is -0.115. The Bertz CT molecular complexity index is 1060. The normalized spacial score (nSPS) is 17.5. The molecule has 2 aromatic rings. The zero-order chi connectivity index (χ0) is 23.1. The van der Waals surface area contributed by atoms with Crippen LogP contribution in [0.5, 0.6) is 5.75 Å². The Morgan fingerprint density at radius 3 is 2.06 bits per heavy atom. The van der Waals surface area contributed by atoms with Crippen LogP contribution < -0.4 is 5.32 Å². The van der Waals surface area contributed by atoms with Crippen molar-refractivity contribution in [2.75, 3.05) is 0 Å². The Labute approximate surface area is 189 Å². The molecule has 0 aromatic heterocycles. The second-order valence-electron chi connectivity index (χ2n) is 10.2. The highest BCUT2D eigenvalue weighted by Gasteiger charge is 2.28. The Morgan fingerprint density at radius 1 is 0.968 bits per heavy atom. The van der Waals surface area contributed by atoms with Gasteiger partial charge < -0.3 is 10.4 Å². The molecule has 0 radical (unpaired) electrons. The standard InChI is InChI=1S/C26H32N2O2S/c1-15-9-10-20(16(2)11-15)27-24-28-23(30)21(31-24)14-17-12-18(25(3,4)5)22(29)19(13-17)26(6,7)8/h9-14,29H,1-8H3,(H,27,28,30)/b21-14-. The van der Waals surface area contributed by atoms with Crippen molar-refractivity contribution in [2.45, 2.75) is 66.2 Å². The van der Waals surface area contributed by atoms with Crippen molar-refractivity contribution in [1.29, 1.82) is 0 Å². The SMILES string of the molecule is Cc1ccc(N=C2NC(=O)/C(=C/c3cc(C(C)(C)C)c(O)c(C(C)(C)C)c3)S2)c(C)c1. The number of amidine groups is 1. The third-order valence-corrected chi connectivity index (χ3v) is 6.18. The van der Waals surface area contributed by atoms with Crippen molar-refractivity contribution in [3.63, 3.8) is 0 Å². The van der Waals surface area contributed by atoms with Crippen molar-refractivity contribution in [1.82, 2.24) is 5.32 Å². The monoisotopic (exact) mass is 436 g/mol. The molecule has 1 aliphatic heterocycles. The maximum Gasteiger partial charge on any atom is 0.264 e. The number of phenols is 1. The molecule has 3 rings (SSSR count). The summed E-state index contributed by atoms with van der Waals surface area (Å²) in [6.45, 7) is 16.5. The fraction of sp³-hybridized carbons (Fsp3) is 0.385. The van der Waals surface area contributed by atoms with E-state index < -0.39 is 0 Å². The Balaban J connectivity index is 2.01. The number of nitrogens with zero attached hydrogens (tertiary/aromatic N) is 1. The first-order chi connectivity index (χ1) is 14.3. The average Bonchev–Trinajstić information content (AvgIpc) is 2.96. The molecule has 0 unspecified atom stereocenters. The highest BCUT2D eigenvalue weighted by Crippen LogP contribution is 2.41. The van der Waals surface area contributed by atoms with E-state index in [1.54, 1.807) is 0 Å². The van der Waals surface area contributed by atoms with Crippen LogP contribution in [0.25, 0.3) is 6.08 Å². The van der Waals surface area contributed by atoms with E-state index in [0.717, 1.165) is 27.9 Å². The number of aliphatic imine (C=N–C) groups is 1. The van der Waals surface area contributed by atoms with Crippen LogP contribution in [0.3, 0.4) is 0 Å². The molecule has 164 valence electrons. The molecule has 1 fully saturated rings. The van der Waals surface area contributed by atoms with Gasteiger partial charge in [-0.15, -0.1) is 0 Å². The molecule has 0 aliphatic carbocycles. The highest BCUT2D eigenvalue weighted by molar-refractivity contribution is 8.18. The van der Waals surface area contributed by atoms with E-state index in [0.29, 0.717) is 15.8 Å². The average molecular weight is 437 g/mol. The summed E-state index contributed by atoms with van der Waals surface area (Å²) < 4.78 is 0. The minimum absolute atomic E-state index is 0.156. The molecule has 0 bridgehead atoms. The summed E-state index contributed by atoms with van der Waals surface area (Å²) in [6, 6.07) is 10.0. The van der Waals surface area contributed by atoms with E-state index in [9.17, 15) is 9.90 Å². The highest BCUT2D eigenvalue weighted by atomic mass is 32.2. The van der Waals surface area contributed by atoms with E-state index in [4.69, 9.17) is 0 Å². The summed E-state index contributed by atoms with van der Waals surface area (Å²) in [5.74, 6) is 0.180. The van der Waals surface area contributed by atoms with Crippen molar-refractivity contribution < 1.29 is 9.90 Å². The second kappa shape index (κ2) is 8.19. The van der Waals surface area contributed by atoms with Gasteiger partial charge in [0.25, 0.3) is 5.91 Å². The lowest BCUT2D eigenvalue weighted by atomic mass is 9.78. The van der Waals surface area contributed by atoms with Gasteiger partial charge in [-0.1, -0.05) is 59.2 Å². The molecule has 1 amide bonds. The fourth-order valence-corrected chi connectivity index (χ4v) is 4.39. The first kappa shape index (κ1) is 23.1. The zero-order valence-electron chi connectivity index (χ0n) is 19.7. The van der Waals surface area contributed by atoms with Gasteiger partial charge in [0.1, 0.15) is 5.75 Å². The van der Waals surface area contributed by atoms with Crippen molar-refractivity contribution >= 4 is 34.6 Å². The third kappa shape index (κ3) is 5.21. The summed E-state index contributed by atoms with van der Waals surface area (Å²) in [5, 5.41) is 14.4. The molecule has 0 atom stereocenters.